The van der Waals surface area contributed by atoms with Crippen molar-refractivity contribution < 1.29 is 19.1 Å². The van der Waals surface area contributed by atoms with Gasteiger partial charge in [0.05, 0.1) is 19.6 Å². The molecule has 0 radical (unpaired) electrons. The summed E-state index contributed by atoms with van der Waals surface area (Å²) in [7, 11) is 1.61. The fourth-order valence-corrected chi connectivity index (χ4v) is 2.95. The van der Waals surface area contributed by atoms with Crippen molar-refractivity contribution in [3.05, 3.63) is 59.7 Å². The molecule has 0 aromatic heterocycles. The minimum Gasteiger partial charge on any atom is -0.497 e. The summed E-state index contributed by atoms with van der Waals surface area (Å²) in [6.07, 6.45) is 2.42. The molecular formula is C21H24N2O4. The van der Waals surface area contributed by atoms with Crippen molar-refractivity contribution >= 4 is 17.5 Å². The van der Waals surface area contributed by atoms with Crippen molar-refractivity contribution in [2.45, 2.75) is 25.4 Å². The smallest absolute Gasteiger partial charge is 0.251 e. The van der Waals surface area contributed by atoms with Crippen LogP contribution in [-0.2, 0) is 16.0 Å². The molecule has 6 nitrogen and oxygen atoms in total. The predicted molar refractivity (Wildman–Crippen MR) is 103 cm³/mol. The summed E-state index contributed by atoms with van der Waals surface area (Å²) < 4.78 is 10.6. The molecule has 2 aromatic carbocycles. The van der Waals surface area contributed by atoms with Crippen LogP contribution in [0.2, 0.25) is 0 Å². The van der Waals surface area contributed by atoms with E-state index in [-0.39, 0.29) is 24.3 Å². The van der Waals surface area contributed by atoms with E-state index in [2.05, 4.69) is 10.6 Å². The van der Waals surface area contributed by atoms with E-state index >= 15 is 0 Å². The van der Waals surface area contributed by atoms with Crippen LogP contribution >= 0.6 is 0 Å². The van der Waals surface area contributed by atoms with Gasteiger partial charge in [-0.1, -0.05) is 12.1 Å². The van der Waals surface area contributed by atoms with Gasteiger partial charge in [-0.25, -0.2) is 0 Å². The van der Waals surface area contributed by atoms with Crippen LogP contribution in [0, 0.1) is 0 Å². The van der Waals surface area contributed by atoms with Gasteiger partial charge in [-0.3, -0.25) is 9.59 Å². The number of carbonyl (C=O) groups is 2. The standard InChI is InChI=1S/C21H24N2O4/c1-26-18-10-4-15(5-11-18)13-20(24)23-17-8-6-16(7-9-17)21(25)22-14-19-3-2-12-27-19/h4-11,19H,2-3,12-14H2,1H3,(H,22,25)(H,23,24). The second-order valence-corrected chi connectivity index (χ2v) is 6.50. The highest BCUT2D eigenvalue weighted by Crippen LogP contribution is 2.14. The maximum Gasteiger partial charge on any atom is 0.251 e. The molecule has 3 rings (SSSR count). The minimum atomic E-state index is -0.137. The van der Waals surface area contributed by atoms with E-state index in [0.29, 0.717) is 17.8 Å². The second-order valence-electron chi connectivity index (χ2n) is 6.50. The molecule has 2 amide bonds. The van der Waals surface area contributed by atoms with Gasteiger partial charge < -0.3 is 20.1 Å². The van der Waals surface area contributed by atoms with E-state index in [4.69, 9.17) is 9.47 Å². The Balaban J connectivity index is 1.48. The molecule has 1 heterocycles. The molecule has 2 N–H and O–H groups in total. The predicted octanol–water partition coefficient (Wildman–Crippen LogP) is 2.79. The van der Waals surface area contributed by atoms with E-state index in [9.17, 15) is 9.59 Å². The third kappa shape index (κ3) is 5.56. The Kier molecular flexibility index (Phi) is 6.44. The van der Waals surface area contributed by atoms with Gasteiger partial charge in [0.2, 0.25) is 5.91 Å². The first-order valence-corrected chi connectivity index (χ1v) is 9.06. The van der Waals surface area contributed by atoms with Crippen molar-refractivity contribution in [2.75, 3.05) is 25.6 Å². The molecule has 1 atom stereocenters. The molecule has 1 aliphatic rings. The van der Waals surface area contributed by atoms with E-state index < -0.39 is 0 Å². The Morgan fingerprint density at radius 2 is 1.85 bits per heavy atom. The first kappa shape index (κ1) is 18.9. The van der Waals surface area contributed by atoms with Crippen LogP contribution < -0.4 is 15.4 Å². The zero-order chi connectivity index (χ0) is 19.1. The zero-order valence-electron chi connectivity index (χ0n) is 15.4. The quantitative estimate of drug-likeness (QED) is 0.788. The Bertz CT molecular complexity index is 766. The van der Waals surface area contributed by atoms with Crippen LogP contribution in [-0.4, -0.2) is 38.2 Å². The van der Waals surface area contributed by atoms with Crippen LogP contribution in [0.25, 0.3) is 0 Å². The third-order valence-corrected chi connectivity index (χ3v) is 4.47. The summed E-state index contributed by atoms with van der Waals surface area (Å²) in [5.74, 6) is 0.505. The van der Waals surface area contributed by atoms with E-state index in [1.54, 1.807) is 31.4 Å². The zero-order valence-corrected chi connectivity index (χ0v) is 15.4. The Hall–Kier alpha value is -2.86. The molecule has 1 saturated heterocycles. The van der Waals surface area contributed by atoms with Crippen molar-refractivity contribution in [1.29, 1.82) is 0 Å². The van der Waals surface area contributed by atoms with Gasteiger partial charge in [-0.2, -0.15) is 0 Å². The molecule has 27 heavy (non-hydrogen) atoms. The maximum atomic E-state index is 12.2. The number of rotatable bonds is 7. The molecular weight excluding hydrogens is 344 g/mol. The number of carbonyl (C=O) groups excluding carboxylic acids is 2. The molecule has 0 spiro atoms. The summed E-state index contributed by atoms with van der Waals surface area (Å²) in [6.45, 7) is 1.30. The van der Waals surface area contributed by atoms with Crippen LogP contribution in [0.1, 0.15) is 28.8 Å². The highest BCUT2D eigenvalue weighted by atomic mass is 16.5. The summed E-state index contributed by atoms with van der Waals surface area (Å²) in [6, 6.07) is 14.2. The SMILES string of the molecule is COc1ccc(CC(=O)Nc2ccc(C(=O)NCC3CCCO3)cc2)cc1. The summed E-state index contributed by atoms with van der Waals surface area (Å²) >= 11 is 0. The topological polar surface area (TPSA) is 76.7 Å². The fraction of sp³-hybridized carbons (Fsp3) is 0.333. The number of nitrogens with one attached hydrogen (secondary N) is 2. The van der Waals surface area contributed by atoms with E-state index in [0.717, 1.165) is 30.8 Å². The number of amides is 2. The van der Waals surface area contributed by atoms with Crippen molar-refractivity contribution in [3.8, 4) is 5.75 Å². The van der Waals surface area contributed by atoms with Crippen LogP contribution in [0.15, 0.2) is 48.5 Å². The second kappa shape index (κ2) is 9.19. The van der Waals surface area contributed by atoms with Crippen molar-refractivity contribution in [3.63, 3.8) is 0 Å². The molecule has 6 heteroatoms. The average Bonchev–Trinajstić information content (AvgIpc) is 3.21. The fourth-order valence-electron chi connectivity index (χ4n) is 2.95. The highest BCUT2D eigenvalue weighted by Gasteiger charge is 2.16. The maximum absolute atomic E-state index is 12.2. The van der Waals surface area contributed by atoms with Crippen LogP contribution in [0.5, 0.6) is 5.75 Å². The lowest BCUT2D eigenvalue weighted by Gasteiger charge is -2.11. The van der Waals surface area contributed by atoms with E-state index in [1.165, 1.54) is 0 Å². The number of hydrogen-bond donors (Lipinski definition) is 2. The third-order valence-electron chi connectivity index (χ3n) is 4.47. The summed E-state index contributed by atoms with van der Waals surface area (Å²) in [5, 5.41) is 5.72. The van der Waals surface area contributed by atoms with Crippen LogP contribution in [0.4, 0.5) is 5.69 Å². The van der Waals surface area contributed by atoms with Crippen molar-refractivity contribution in [1.82, 2.24) is 5.32 Å². The Morgan fingerprint density at radius 1 is 1.11 bits per heavy atom. The monoisotopic (exact) mass is 368 g/mol. The normalized spacial score (nSPS) is 16.0. The molecule has 1 aliphatic heterocycles. The summed E-state index contributed by atoms with van der Waals surface area (Å²) in [4.78, 5) is 24.3. The molecule has 0 bridgehead atoms. The lowest BCUT2D eigenvalue weighted by Crippen LogP contribution is -2.31. The van der Waals surface area contributed by atoms with Gasteiger partial charge >= 0.3 is 0 Å². The summed E-state index contributed by atoms with van der Waals surface area (Å²) in [5.41, 5.74) is 2.11. The highest BCUT2D eigenvalue weighted by molar-refractivity contribution is 5.96. The lowest BCUT2D eigenvalue weighted by atomic mass is 10.1. The number of hydrogen-bond acceptors (Lipinski definition) is 4. The molecule has 0 aliphatic carbocycles. The van der Waals surface area contributed by atoms with Crippen molar-refractivity contribution in [2.24, 2.45) is 0 Å². The molecule has 142 valence electrons. The first-order chi connectivity index (χ1) is 13.1. The van der Waals surface area contributed by atoms with Gasteiger partial charge in [0.1, 0.15) is 5.75 Å². The first-order valence-electron chi connectivity index (χ1n) is 9.06. The minimum absolute atomic E-state index is 0.115. The number of ether oxygens (including phenoxy) is 2. The average molecular weight is 368 g/mol. The number of methoxy groups -OCH3 is 1. The van der Waals surface area contributed by atoms with Gasteiger partial charge in [-0.15, -0.1) is 0 Å². The van der Waals surface area contributed by atoms with Gasteiger partial charge in [-0.05, 0) is 54.8 Å². The van der Waals surface area contributed by atoms with Gasteiger partial charge in [0.15, 0.2) is 0 Å². The lowest BCUT2D eigenvalue weighted by molar-refractivity contribution is -0.115. The Morgan fingerprint density at radius 3 is 2.48 bits per heavy atom. The number of anilines is 1. The molecule has 1 unspecified atom stereocenters. The Labute approximate surface area is 158 Å². The molecule has 2 aromatic rings. The molecule has 1 fully saturated rings. The van der Waals surface area contributed by atoms with Crippen LogP contribution in [0.3, 0.4) is 0 Å². The van der Waals surface area contributed by atoms with Gasteiger partial charge in [0, 0.05) is 24.4 Å². The number of benzene rings is 2. The van der Waals surface area contributed by atoms with E-state index in [1.807, 2.05) is 24.3 Å². The molecule has 0 saturated carbocycles. The van der Waals surface area contributed by atoms with Gasteiger partial charge in [0.25, 0.3) is 5.91 Å². The largest absolute Gasteiger partial charge is 0.497 e.